The van der Waals surface area contributed by atoms with Crippen LogP contribution in [0.15, 0.2) is 84.1 Å². The molecule has 0 aromatic heterocycles. The van der Waals surface area contributed by atoms with E-state index in [0.29, 0.717) is 24.8 Å². The van der Waals surface area contributed by atoms with Crippen LogP contribution in [0.2, 0.25) is 0 Å². The third-order valence-electron chi connectivity index (χ3n) is 6.71. The van der Waals surface area contributed by atoms with Crippen molar-refractivity contribution in [3.05, 3.63) is 95.2 Å². The Morgan fingerprint density at radius 1 is 0.774 bits per heavy atom. The van der Waals surface area contributed by atoms with Crippen molar-refractivity contribution < 1.29 is 9.59 Å². The van der Waals surface area contributed by atoms with Crippen molar-refractivity contribution in [2.75, 3.05) is 13.1 Å². The topological polar surface area (TPSA) is 37.4 Å². The summed E-state index contributed by atoms with van der Waals surface area (Å²) in [6.07, 6.45) is 3.68. The zero-order valence-corrected chi connectivity index (χ0v) is 17.7. The number of hydrogen-bond acceptors (Lipinski definition) is 3. The van der Waals surface area contributed by atoms with Gasteiger partial charge in [0.2, 0.25) is 0 Å². The maximum Gasteiger partial charge on any atom is 0.168 e. The predicted octanol–water partition coefficient (Wildman–Crippen LogP) is 5.45. The van der Waals surface area contributed by atoms with Gasteiger partial charge >= 0.3 is 0 Å². The Balaban J connectivity index is 1.53. The van der Waals surface area contributed by atoms with Gasteiger partial charge in [0.25, 0.3) is 0 Å². The molecule has 0 bridgehead atoms. The first-order valence-electron chi connectivity index (χ1n) is 11.3. The molecule has 1 heterocycles. The fourth-order valence-corrected chi connectivity index (χ4v) is 5.13. The van der Waals surface area contributed by atoms with Gasteiger partial charge in [-0.05, 0) is 40.7 Å². The van der Waals surface area contributed by atoms with Crippen LogP contribution in [-0.4, -0.2) is 29.6 Å². The molecule has 1 aliphatic heterocycles. The van der Waals surface area contributed by atoms with E-state index in [-0.39, 0.29) is 17.5 Å². The van der Waals surface area contributed by atoms with Crippen LogP contribution in [0.5, 0.6) is 0 Å². The number of ketones is 2. The highest BCUT2D eigenvalue weighted by atomic mass is 16.2. The monoisotopic (exact) mass is 409 g/mol. The van der Waals surface area contributed by atoms with Gasteiger partial charge in [-0.25, -0.2) is 0 Å². The van der Waals surface area contributed by atoms with Crippen molar-refractivity contribution in [1.29, 1.82) is 0 Å². The molecule has 2 aliphatic rings. The molecule has 0 amide bonds. The van der Waals surface area contributed by atoms with Crippen LogP contribution >= 0.6 is 0 Å². The molecule has 0 radical (unpaired) electrons. The Labute approximate surface area is 183 Å². The fourth-order valence-electron chi connectivity index (χ4n) is 5.13. The molecule has 3 heteroatoms. The molecule has 3 nitrogen and oxygen atoms in total. The molecule has 1 aliphatic carbocycles. The summed E-state index contributed by atoms with van der Waals surface area (Å²) in [5.74, 6) is 0.00168. The second-order valence-electron chi connectivity index (χ2n) is 8.69. The smallest absolute Gasteiger partial charge is 0.168 e. The lowest BCUT2D eigenvalue weighted by molar-refractivity contribution is -0.124. The minimum Gasteiger partial charge on any atom is -0.374 e. The maximum absolute atomic E-state index is 13.3. The number of carbonyl (C=O) groups excluding carboxylic acids is 2. The van der Waals surface area contributed by atoms with Crippen LogP contribution in [0, 0.1) is 0 Å². The van der Waals surface area contributed by atoms with Crippen molar-refractivity contribution in [2.24, 2.45) is 0 Å². The minimum atomic E-state index is -0.0117. The van der Waals surface area contributed by atoms with Crippen molar-refractivity contribution >= 4 is 22.3 Å². The lowest BCUT2D eigenvalue weighted by Gasteiger charge is -2.29. The largest absolute Gasteiger partial charge is 0.374 e. The predicted molar refractivity (Wildman–Crippen MR) is 124 cm³/mol. The first-order valence-corrected chi connectivity index (χ1v) is 11.3. The molecular weight excluding hydrogens is 382 g/mol. The highest BCUT2D eigenvalue weighted by Gasteiger charge is 2.35. The molecule has 0 unspecified atom stereocenters. The summed E-state index contributed by atoms with van der Waals surface area (Å²) in [6.45, 7) is 1.85. The van der Waals surface area contributed by atoms with E-state index < -0.39 is 0 Å². The lowest BCUT2D eigenvalue weighted by Crippen LogP contribution is -2.32. The van der Waals surface area contributed by atoms with Gasteiger partial charge in [0, 0.05) is 38.0 Å². The molecule has 3 aromatic carbocycles. The SMILES string of the molecule is O=C1CC(c2ccccc2)CC(=O)C1=C(Cc1cccc2ccccc12)N1CCCC1. The standard InChI is InChI=1S/C28H27NO2/c30-26-18-23(20-9-2-1-3-10-20)19-27(31)28(26)25(29-15-6-7-16-29)17-22-13-8-12-21-11-4-5-14-24(21)22/h1-5,8-14,23H,6-7,15-19H2. The number of allylic oxidation sites excluding steroid dienone is 2. The van der Waals surface area contributed by atoms with Crippen molar-refractivity contribution in [3.8, 4) is 0 Å². The Morgan fingerprint density at radius 2 is 1.42 bits per heavy atom. The number of benzene rings is 3. The summed E-state index contributed by atoms with van der Waals surface area (Å²) in [7, 11) is 0. The molecule has 5 rings (SSSR count). The highest BCUT2D eigenvalue weighted by molar-refractivity contribution is 6.22. The van der Waals surface area contributed by atoms with Gasteiger partial charge < -0.3 is 4.90 Å². The Morgan fingerprint density at radius 3 is 2.16 bits per heavy atom. The van der Waals surface area contributed by atoms with Gasteiger partial charge in [-0.15, -0.1) is 0 Å². The Kier molecular flexibility index (Phi) is 5.42. The van der Waals surface area contributed by atoms with E-state index in [1.54, 1.807) is 0 Å². The van der Waals surface area contributed by atoms with Crippen LogP contribution in [0.25, 0.3) is 10.8 Å². The number of rotatable bonds is 4. The third kappa shape index (κ3) is 3.93. The molecule has 1 saturated heterocycles. The van der Waals surface area contributed by atoms with E-state index in [1.165, 1.54) is 16.3 Å². The van der Waals surface area contributed by atoms with Gasteiger partial charge in [-0.3, -0.25) is 9.59 Å². The number of carbonyl (C=O) groups is 2. The van der Waals surface area contributed by atoms with Crippen LogP contribution in [0.1, 0.15) is 42.7 Å². The minimum absolute atomic E-state index is 0.00670. The Hall–Kier alpha value is -3.20. The first-order chi connectivity index (χ1) is 15.2. The third-order valence-corrected chi connectivity index (χ3v) is 6.71. The quantitative estimate of drug-likeness (QED) is 0.425. The van der Waals surface area contributed by atoms with E-state index >= 15 is 0 Å². The van der Waals surface area contributed by atoms with E-state index in [2.05, 4.69) is 41.3 Å². The van der Waals surface area contributed by atoms with Crippen molar-refractivity contribution in [3.63, 3.8) is 0 Å². The van der Waals surface area contributed by atoms with Gasteiger partial charge in [-0.2, -0.15) is 0 Å². The zero-order chi connectivity index (χ0) is 21.2. The summed E-state index contributed by atoms with van der Waals surface area (Å²) in [5.41, 5.74) is 3.66. The average Bonchev–Trinajstić information content (AvgIpc) is 3.33. The van der Waals surface area contributed by atoms with Gasteiger partial charge in [0.05, 0.1) is 5.57 Å². The summed E-state index contributed by atoms with van der Waals surface area (Å²) in [6, 6.07) is 24.6. The van der Waals surface area contributed by atoms with Gasteiger partial charge in [-0.1, -0.05) is 72.8 Å². The van der Waals surface area contributed by atoms with Crippen LogP contribution in [0.4, 0.5) is 0 Å². The van der Waals surface area contributed by atoms with Crippen molar-refractivity contribution in [1.82, 2.24) is 4.90 Å². The second-order valence-corrected chi connectivity index (χ2v) is 8.69. The van der Waals surface area contributed by atoms with Crippen LogP contribution in [0.3, 0.4) is 0 Å². The summed E-state index contributed by atoms with van der Waals surface area (Å²) >= 11 is 0. The molecule has 3 aromatic rings. The number of fused-ring (bicyclic) bond motifs is 1. The molecule has 31 heavy (non-hydrogen) atoms. The molecule has 2 fully saturated rings. The molecule has 0 atom stereocenters. The Bertz CT molecular complexity index is 1130. The molecular formula is C28H27NO2. The van der Waals surface area contributed by atoms with Crippen LogP contribution < -0.4 is 0 Å². The first kappa shape index (κ1) is 19.7. The average molecular weight is 410 g/mol. The van der Waals surface area contributed by atoms with Crippen molar-refractivity contribution in [2.45, 2.75) is 38.0 Å². The maximum atomic E-state index is 13.3. The van der Waals surface area contributed by atoms with Gasteiger partial charge in [0.15, 0.2) is 11.6 Å². The summed E-state index contributed by atoms with van der Waals surface area (Å²) < 4.78 is 0. The van der Waals surface area contributed by atoms with Gasteiger partial charge in [0.1, 0.15) is 0 Å². The molecule has 156 valence electrons. The second kappa shape index (κ2) is 8.50. The highest BCUT2D eigenvalue weighted by Crippen LogP contribution is 2.35. The summed E-state index contributed by atoms with van der Waals surface area (Å²) in [5, 5.41) is 2.39. The number of likely N-dealkylation sites (tertiary alicyclic amines) is 1. The summed E-state index contributed by atoms with van der Waals surface area (Å²) in [4.78, 5) is 29.0. The lowest BCUT2D eigenvalue weighted by atomic mass is 9.78. The normalized spacial score (nSPS) is 19.3. The zero-order valence-electron chi connectivity index (χ0n) is 17.7. The molecule has 0 N–H and O–H groups in total. The van der Waals surface area contributed by atoms with E-state index in [1.807, 2.05) is 36.4 Å². The van der Waals surface area contributed by atoms with E-state index in [0.717, 1.165) is 37.2 Å². The fraction of sp³-hybridized carbons (Fsp3) is 0.286. The number of nitrogens with zero attached hydrogens (tertiary/aromatic N) is 1. The van der Waals surface area contributed by atoms with E-state index in [4.69, 9.17) is 0 Å². The van der Waals surface area contributed by atoms with Crippen LogP contribution in [-0.2, 0) is 16.0 Å². The number of Topliss-reactive ketones (excluding diaryl/α,β-unsaturated/α-hetero) is 2. The molecule has 0 spiro atoms. The molecule has 1 saturated carbocycles. The van der Waals surface area contributed by atoms with E-state index in [9.17, 15) is 9.59 Å². The number of hydrogen-bond donors (Lipinski definition) is 0.